The Bertz CT molecular complexity index is 385. The van der Waals surface area contributed by atoms with Gasteiger partial charge < -0.3 is 9.64 Å². The van der Waals surface area contributed by atoms with Crippen LogP contribution in [0.4, 0.5) is 4.79 Å². The Morgan fingerprint density at radius 1 is 1.30 bits per heavy atom. The SMILES string of the molecule is CC(C)(C)OC(=O)N1CCC(CC#N)CC1C(C)(C)C. The second-order valence-corrected chi connectivity index (χ2v) is 7.81. The highest BCUT2D eigenvalue weighted by molar-refractivity contribution is 5.68. The van der Waals surface area contributed by atoms with Gasteiger partial charge in [-0.2, -0.15) is 5.26 Å². The first-order valence-corrected chi connectivity index (χ1v) is 7.41. The average molecular weight is 280 g/mol. The zero-order valence-corrected chi connectivity index (χ0v) is 13.7. The molecule has 0 aromatic heterocycles. The summed E-state index contributed by atoms with van der Waals surface area (Å²) < 4.78 is 5.52. The van der Waals surface area contributed by atoms with Crippen LogP contribution < -0.4 is 0 Å². The van der Waals surface area contributed by atoms with Gasteiger partial charge in [0.1, 0.15) is 5.60 Å². The molecule has 2 atom stereocenters. The molecular formula is C16H28N2O2. The topological polar surface area (TPSA) is 53.3 Å². The van der Waals surface area contributed by atoms with E-state index in [1.165, 1.54) is 0 Å². The highest BCUT2D eigenvalue weighted by Crippen LogP contribution is 2.36. The summed E-state index contributed by atoms with van der Waals surface area (Å²) in [5, 5.41) is 8.88. The molecule has 1 fully saturated rings. The summed E-state index contributed by atoms with van der Waals surface area (Å²) in [5.74, 6) is 0.392. The lowest BCUT2D eigenvalue weighted by molar-refractivity contribution is -0.0148. The summed E-state index contributed by atoms with van der Waals surface area (Å²) in [5.41, 5.74) is -0.478. The smallest absolute Gasteiger partial charge is 0.410 e. The predicted octanol–water partition coefficient (Wildman–Crippen LogP) is 3.96. The van der Waals surface area contributed by atoms with Crippen LogP contribution in [0.2, 0.25) is 0 Å². The maximum Gasteiger partial charge on any atom is 0.410 e. The molecule has 1 aliphatic rings. The molecule has 0 aromatic carbocycles. The molecule has 0 aromatic rings. The van der Waals surface area contributed by atoms with Gasteiger partial charge in [-0.1, -0.05) is 20.8 Å². The van der Waals surface area contributed by atoms with Gasteiger partial charge in [0.15, 0.2) is 0 Å². The van der Waals surface area contributed by atoms with Crippen LogP contribution in [0, 0.1) is 22.7 Å². The number of hydrogen-bond donors (Lipinski definition) is 0. The lowest BCUT2D eigenvalue weighted by Crippen LogP contribution is -2.53. The van der Waals surface area contributed by atoms with Crippen molar-refractivity contribution in [1.29, 1.82) is 5.26 Å². The average Bonchev–Trinajstić information content (AvgIpc) is 2.25. The molecule has 0 aliphatic carbocycles. The van der Waals surface area contributed by atoms with E-state index in [2.05, 4.69) is 26.8 Å². The zero-order chi connectivity index (χ0) is 15.6. The normalized spacial score (nSPS) is 24.1. The van der Waals surface area contributed by atoms with Crippen LogP contribution in [0.25, 0.3) is 0 Å². The van der Waals surface area contributed by atoms with E-state index in [-0.39, 0.29) is 17.6 Å². The minimum atomic E-state index is -0.469. The summed E-state index contributed by atoms with van der Waals surface area (Å²) in [7, 11) is 0. The number of carbonyl (C=O) groups excluding carboxylic acids is 1. The molecule has 4 heteroatoms. The van der Waals surface area contributed by atoms with Crippen LogP contribution in [0.5, 0.6) is 0 Å². The van der Waals surface area contributed by atoms with Gasteiger partial charge in [-0.05, 0) is 44.9 Å². The Balaban J connectivity index is 2.84. The third kappa shape index (κ3) is 4.70. The Hall–Kier alpha value is -1.24. The van der Waals surface area contributed by atoms with Crippen molar-refractivity contribution in [2.24, 2.45) is 11.3 Å². The molecule has 0 radical (unpaired) electrons. The molecule has 1 amide bonds. The largest absolute Gasteiger partial charge is 0.444 e. The van der Waals surface area contributed by atoms with Crippen molar-refractivity contribution >= 4 is 6.09 Å². The fraction of sp³-hybridized carbons (Fsp3) is 0.875. The molecule has 1 rings (SSSR count). The zero-order valence-electron chi connectivity index (χ0n) is 13.7. The van der Waals surface area contributed by atoms with Gasteiger partial charge in [-0.15, -0.1) is 0 Å². The monoisotopic (exact) mass is 280 g/mol. The molecular weight excluding hydrogens is 252 g/mol. The third-order valence-electron chi connectivity index (χ3n) is 3.72. The Morgan fingerprint density at radius 3 is 2.35 bits per heavy atom. The molecule has 0 bridgehead atoms. The first-order valence-electron chi connectivity index (χ1n) is 7.41. The number of nitriles is 1. The fourth-order valence-electron chi connectivity index (χ4n) is 2.71. The van der Waals surface area contributed by atoms with Crippen molar-refractivity contribution < 1.29 is 9.53 Å². The molecule has 1 saturated heterocycles. The quantitative estimate of drug-likeness (QED) is 0.730. The van der Waals surface area contributed by atoms with Gasteiger partial charge in [-0.3, -0.25) is 0 Å². The second kappa shape index (κ2) is 6.03. The molecule has 1 aliphatic heterocycles. The van der Waals surface area contributed by atoms with E-state index in [9.17, 15) is 4.79 Å². The maximum absolute atomic E-state index is 12.4. The standard InChI is InChI=1S/C16H28N2O2/c1-15(2,3)13-11-12(7-9-17)8-10-18(13)14(19)20-16(4,5)6/h12-13H,7-8,10-11H2,1-6H3. The first kappa shape index (κ1) is 16.8. The van der Waals surface area contributed by atoms with Crippen LogP contribution in [0.15, 0.2) is 0 Å². The number of carbonyl (C=O) groups is 1. The lowest BCUT2D eigenvalue weighted by atomic mass is 9.76. The van der Waals surface area contributed by atoms with Gasteiger partial charge in [0.25, 0.3) is 0 Å². The molecule has 0 N–H and O–H groups in total. The fourth-order valence-corrected chi connectivity index (χ4v) is 2.71. The summed E-state index contributed by atoms with van der Waals surface area (Å²) in [6, 6.07) is 2.39. The lowest BCUT2D eigenvalue weighted by Gasteiger charge is -2.45. The molecule has 114 valence electrons. The first-order chi connectivity index (χ1) is 9.04. The minimum absolute atomic E-state index is 0.00890. The third-order valence-corrected chi connectivity index (χ3v) is 3.72. The minimum Gasteiger partial charge on any atom is -0.444 e. The summed E-state index contributed by atoms with van der Waals surface area (Å²) in [6.07, 6.45) is 2.12. The number of likely N-dealkylation sites (tertiary alicyclic amines) is 1. The number of ether oxygens (including phenoxy) is 1. The van der Waals surface area contributed by atoms with Crippen molar-refractivity contribution in [1.82, 2.24) is 4.90 Å². The van der Waals surface area contributed by atoms with Crippen molar-refractivity contribution in [2.75, 3.05) is 6.54 Å². The number of amides is 1. The Kier molecular flexibility index (Phi) is 5.07. The van der Waals surface area contributed by atoms with Crippen molar-refractivity contribution in [3.05, 3.63) is 0 Å². The van der Waals surface area contributed by atoms with Crippen LogP contribution in [-0.4, -0.2) is 29.2 Å². The molecule has 0 spiro atoms. The van der Waals surface area contributed by atoms with Crippen LogP contribution >= 0.6 is 0 Å². The second-order valence-electron chi connectivity index (χ2n) is 7.81. The van der Waals surface area contributed by atoms with Crippen molar-refractivity contribution in [2.45, 2.75) is 72.4 Å². The van der Waals surface area contributed by atoms with Gasteiger partial charge in [-0.25, -0.2) is 4.79 Å². The number of rotatable bonds is 1. The van der Waals surface area contributed by atoms with E-state index in [4.69, 9.17) is 10.00 Å². The van der Waals surface area contributed by atoms with Gasteiger partial charge in [0, 0.05) is 19.0 Å². The van der Waals surface area contributed by atoms with Gasteiger partial charge in [0.2, 0.25) is 0 Å². The Morgan fingerprint density at radius 2 is 1.90 bits per heavy atom. The molecule has 20 heavy (non-hydrogen) atoms. The molecule has 2 unspecified atom stereocenters. The van der Waals surface area contributed by atoms with E-state index in [1.54, 1.807) is 0 Å². The van der Waals surface area contributed by atoms with Crippen LogP contribution in [0.3, 0.4) is 0 Å². The summed E-state index contributed by atoms with van der Waals surface area (Å²) in [4.78, 5) is 14.2. The summed E-state index contributed by atoms with van der Waals surface area (Å²) >= 11 is 0. The number of hydrogen-bond acceptors (Lipinski definition) is 3. The van der Waals surface area contributed by atoms with Gasteiger partial charge >= 0.3 is 6.09 Å². The van der Waals surface area contributed by atoms with Crippen LogP contribution in [-0.2, 0) is 4.74 Å². The van der Waals surface area contributed by atoms with E-state index in [0.717, 1.165) is 12.8 Å². The van der Waals surface area contributed by atoms with E-state index >= 15 is 0 Å². The van der Waals surface area contributed by atoms with Gasteiger partial charge in [0.05, 0.1) is 6.07 Å². The highest BCUT2D eigenvalue weighted by atomic mass is 16.6. The van der Waals surface area contributed by atoms with Crippen molar-refractivity contribution in [3.63, 3.8) is 0 Å². The van der Waals surface area contributed by atoms with E-state index < -0.39 is 5.60 Å². The highest BCUT2D eigenvalue weighted by Gasteiger charge is 2.40. The molecule has 4 nitrogen and oxygen atoms in total. The number of piperidine rings is 1. The summed E-state index contributed by atoms with van der Waals surface area (Å²) in [6.45, 7) is 12.8. The van der Waals surface area contributed by atoms with E-state index in [1.807, 2.05) is 25.7 Å². The maximum atomic E-state index is 12.4. The molecule has 0 saturated carbocycles. The van der Waals surface area contributed by atoms with E-state index in [0.29, 0.717) is 18.9 Å². The Labute approximate surface area is 123 Å². The number of nitrogens with zero attached hydrogens (tertiary/aromatic N) is 2. The predicted molar refractivity (Wildman–Crippen MR) is 79.1 cm³/mol. The molecule has 1 heterocycles. The van der Waals surface area contributed by atoms with Crippen molar-refractivity contribution in [3.8, 4) is 6.07 Å². The van der Waals surface area contributed by atoms with Crippen LogP contribution in [0.1, 0.15) is 60.8 Å².